The molecule has 0 aliphatic heterocycles. The Kier molecular flexibility index (Phi) is 8.47. The zero-order valence-corrected chi connectivity index (χ0v) is 11.7. The van der Waals surface area contributed by atoms with Crippen LogP contribution in [0.25, 0.3) is 0 Å². The summed E-state index contributed by atoms with van der Waals surface area (Å²) < 4.78 is 5.14. The van der Waals surface area contributed by atoms with Crippen molar-refractivity contribution in [3.8, 4) is 0 Å². The van der Waals surface area contributed by atoms with Crippen molar-refractivity contribution in [3.05, 3.63) is 23.8 Å². The number of ether oxygens (including phenoxy) is 1. The average Bonchev–Trinajstić information content (AvgIpc) is 2.27. The Morgan fingerprint density at radius 2 is 2.00 bits per heavy atom. The first kappa shape index (κ1) is 16.0. The third-order valence-corrected chi connectivity index (χ3v) is 2.77. The molecule has 0 radical (unpaired) electrons. The molecule has 0 spiro atoms. The molecule has 98 valence electrons. The van der Waals surface area contributed by atoms with Crippen LogP contribution in [-0.4, -0.2) is 12.6 Å². The van der Waals surface area contributed by atoms with Crippen LogP contribution in [0.5, 0.6) is 0 Å². The van der Waals surface area contributed by atoms with Crippen molar-refractivity contribution in [1.82, 2.24) is 0 Å². The fourth-order valence-corrected chi connectivity index (χ4v) is 1.40. The molecule has 0 bridgehead atoms. The van der Waals surface area contributed by atoms with Crippen LogP contribution in [0.1, 0.15) is 53.4 Å². The van der Waals surface area contributed by atoms with Crippen LogP contribution in [0, 0.1) is 5.92 Å². The molecule has 0 heterocycles. The second kappa shape index (κ2) is 9.03. The van der Waals surface area contributed by atoms with Crippen LogP contribution in [0.15, 0.2) is 23.8 Å². The predicted octanol–water partition coefficient (Wildman–Crippen LogP) is 4.27. The Balaban J connectivity index is 3.64. The molecule has 0 unspecified atom stereocenters. The van der Waals surface area contributed by atoms with Crippen molar-refractivity contribution >= 4 is 5.97 Å². The van der Waals surface area contributed by atoms with Gasteiger partial charge in [-0.05, 0) is 45.4 Å². The van der Waals surface area contributed by atoms with E-state index in [1.54, 1.807) is 0 Å². The Morgan fingerprint density at radius 1 is 1.35 bits per heavy atom. The quantitative estimate of drug-likeness (QED) is 0.358. The van der Waals surface area contributed by atoms with Gasteiger partial charge < -0.3 is 4.74 Å². The van der Waals surface area contributed by atoms with Gasteiger partial charge in [-0.15, -0.1) is 0 Å². The molecule has 0 rings (SSSR count). The highest BCUT2D eigenvalue weighted by atomic mass is 16.5. The van der Waals surface area contributed by atoms with E-state index >= 15 is 0 Å². The molecule has 0 saturated carbocycles. The van der Waals surface area contributed by atoms with Crippen LogP contribution in [0.3, 0.4) is 0 Å². The van der Waals surface area contributed by atoms with Gasteiger partial charge >= 0.3 is 5.97 Å². The SMILES string of the molecule is C=C(CC)C(=O)OCC[C@H](C)CCC=C(C)C. The first-order chi connectivity index (χ1) is 7.97. The lowest BCUT2D eigenvalue weighted by molar-refractivity contribution is -0.139. The zero-order valence-electron chi connectivity index (χ0n) is 11.7. The van der Waals surface area contributed by atoms with E-state index < -0.39 is 0 Å². The van der Waals surface area contributed by atoms with E-state index in [0.717, 1.165) is 19.3 Å². The molecule has 0 saturated heterocycles. The van der Waals surface area contributed by atoms with Gasteiger partial charge in [0.15, 0.2) is 0 Å². The highest BCUT2D eigenvalue weighted by Crippen LogP contribution is 2.12. The fraction of sp³-hybridized carbons (Fsp3) is 0.667. The second-order valence-electron chi connectivity index (χ2n) is 4.85. The molecule has 0 fully saturated rings. The zero-order chi connectivity index (χ0) is 13.3. The molecule has 1 atom stereocenters. The van der Waals surface area contributed by atoms with Crippen molar-refractivity contribution in [2.24, 2.45) is 5.92 Å². The van der Waals surface area contributed by atoms with Gasteiger partial charge in [-0.3, -0.25) is 0 Å². The molecular formula is C15H26O2. The molecular weight excluding hydrogens is 212 g/mol. The van der Waals surface area contributed by atoms with Crippen molar-refractivity contribution in [2.75, 3.05) is 6.61 Å². The van der Waals surface area contributed by atoms with Gasteiger partial charge in [-0.1, -0.05) is 32.1 Å². The Hall–Kier alpha value is -1.05. The summed E-state index contributed by atoms with van der Waals surface area (Å²) in [4.78, 5) is 11.3. The number of rotatable bonds is 8. The molecule has 0 aromatic carbocycles. The van der Waals surface area contributed by atoms with Crippen LogP contribution in [0.4, 0.5) is 0 Å². The van der Waals surface area contributed by atoms with Gasteiger partial charge in [0.1, 0.15) is 0 Å². The highest BCUT2D eigenvalue weighted by Gasteiger charge is 2.07. The van der Waals surface area contributed by atoms with E-state index in [0.29, 0.717) is 24.5 Å². The summed E-state index contributed by atoms with van der Waals surface area (Å²) in [5, 5.41) is 0. The summed E-state index contributed by atoms with van der Waals surface area (Å²) in [5.41, 5.74) is 1.92. The summed E-state index contributed by atoms with van der Waals surface area (Å²) >= 11 is 0. The maximum Gasteiger partial charge on any atom is 0.333 e. The molecule has 0 aromatic heterocycles. The summed E-state index contributed by atoms with van der Waals surface area (Å²) in [6, 6.07) is 0. The van der Waals surface area contributed by atoms with E-state index in [1.165, 1.54) is 5.57 Å². The van der Waals surface area contributed by atoms with Gasteiger partial charge in [0.05, 0.1) is 6.61 Å². The Bertz CT molecular complexity index is 273. The number of hydrogen-bond acceptors (Lipinski definition) is 2. The standard InChI is InChI=1S/C15H26O2/c1-6-14(5)15(16)17-11-10-13(4)9-7-8-12(2)3/h8,13H,5-7,9-11H2,1-4H3/t13-/m1/s1. The van der Waals surface area contributed by atoms with Gasteiger partial charge in [0.2, 0.25) is 0 Å². The normalized spacial score (nSPS) is 11.8. The number of carbonyl (C=O) groups excluding carboxylic acids is 1. The summed E-state index contributed by atoms with van der Waals surface area (Å²) in [6.45, 7) is 12.5. The number of allylic oxidation sites excluding steroid dienone is 2. The van der Waals surface area contributed by atoms with Crippen LogP contribution >= 0.6 is 0 Å². The molecule has 17 heavy (non-hydrogen) atoms. The first-order valence-electron chi connectivity index (χ1n) is 6.45. The maximum absolute atomic E-state index is 11.3. The van der Waals surface area contributed by atoms with Crippen LogP contribution < -0.4 is 0 Å². The summed E-state index contributed by atoms with van der Waals surface area (Å²) in [6.07, 6.45) is 6.10. The third kappa shape index (κ3) is 8.73. The molecule has 0 amide bonds. The highest BCUT2D eigenvalue weighted by molar-refractivity contribution is 5.87. The third-order valence-electron chi connectivity index (χ3n) is 2.77. The second-order valence-corrected chi connectivity index (χ2v) is 4.85. The van der Waals surface area contributed by atoms with E-state index in [1.807, 2.05) is 6.92 Å². The largest absolute Gasteiger partial charge is 0.462 e. The van der Waals surface area contributed by atoms with Crippen molar-refractivity contribution in [3.63, 3.8) is 0 Å². The lowest BCUT2D eigenvalue weighted by Gasteiger charge is -2.11. The summed E-state index contributed by atoms with van der Waals surface area (Å²) in [7, 11) is 0. The van der Waals surface area contributed by atoms with E-state index in [2.05, 4.69) is 33.4 Å². The minimum atomic E-state index is -0.246. The van der Waals surface area contributed by atoms with Crippen LogP contribution in [-0.2, 0) is 9.53 Å². The lowest BCUT2D eigenvalue weighted by atomic mass is 10.0. The van der Waals surface area contributed by atoms with Gasteiger partial charge in [-0.25, -0.2) is 4.79 Å². The first-order valence-corrected chi connectivity index (χ1v) is 6.45. The molecule has 2 nitrogen and oxygen atoms in total. The van der Waals surface area contributed by atoms with Crippen molar-refractivity contribution in [2.45, 2.75) is 53.4 Å². The smallest absolute Gasteiger partial charge is 0.333 e. The van der Waals surface area contributed by atoms with Gasteiger partial charge in [-0.2, -0.15) is 0 Å². The maximum atomic E-state index is 11.3. The molecule has 0 N–H and O–H groups in total. The number of carbonyl (C=O) groups is 1. The monoisotopic (exact) mass is 238 g/mol. The van der Waals surface area contributed by atoms with E-state index in [9.17, 15) is 4.79 Å². The topological polar surface area (TPSA) is 26.3 Å². The van der Waals surface area contributed by atoms with Crippen LogP contribution in [0.2, 0.25) is 0 Å². The molecule has 0 aliphatic carbocycles. The lowest BCUT2D eigenvalue weighted by Crippen LogP contribution is -2.10. The van der Waals surface area contributed by atoms with Gasteiger partial charge in [0.25, 0.3) is 0 Å². The van der Waals surface area contributed by atoms with Crippen molar-refractivity contribution < 1.29 is 9.53 Å². The molecule has 0 aliphatic rings. The van der Waals surface area contributed by atoms with Crippen molar-refractivity contribution in [1.29, 1.82) is 0 Å². The average molecular weight is 238 g/mol. The Labute approximate surface area is 106 Å². The number of hydrogen-bond donors (Lipinski definition) is 0. The van der Waals surface area contributed by atoms with E-state index in [4.69, 9.17) is 4.74 Å². The predicted molar refractivity (Wildman–Crippen MR) is 72.8 cm³/mol. The molecule has 0 aromatic rings. The number of esters is 1. The van der Waals surface area contributed by atoms with E-state index in [-0.39, 0.29) is 5.97 Å². The minimum absolute atomic E-state index is 0.246. The summed E-state index contributed by atoms with van der Waals surface area (Å²) in [5.74, 6) is 0.345. The Morgan fingerprint density at radius 3 is 2.53 bits per heavy atom. The molecule has 2 heteroatoms. The fourth-order valence-electron chi connectivity index (χ4n) is 1.40. The van der Waals surface area contributed by atoms with Gasteiger partial charge in [0, 0.05) is 5.57 Å². The minimum Gasteiger partial charge on any atom is -0.462 e.